The molecule has 1 aliphatic rings. The fourth-order valence-electron chi connectivity index (χ4n) is 4.72. The molecule has 3 heterocycles. The van der Waals surface area contributed by atoms with Crippen LogP contribution in [-0.4, -0.2) is 55.1 Å². The summed E-state index contributed by atoms with van der Waals surface area (Å²) >= 11 is 0. The van der Waals surface area contributed by atoms with Crippen LogP contribution < -0.4 is 5.32 Å². The Hall–Kier alpha value is -3.95. The predicted octanol–water partition coefficient (Wildman–Crippen LogP) is 3.52. The van der Waals surface area contributed by atoms with Gasteiger partial charge in [0.05, 0.1) is 11.6 Å². The van der Waals surface area contributed by atoms with Crippen molar-refractivity contribution in [3.05, 3.63) is 58.8 Å². The molecule has 0 spiro atoms. The second-order valence-electron chi connectivity index (χ2n) is 8.97. The van der Waals surface area contributed by atoms with Crippen LogP contribution in [0.1, 0.15) is 40.8 Å². The number of aliphatic carboxylic acids is 1. The lowest BCUT2D eigenvalue weighted by Crippen LogP contribution is -2.39. The van der Waals surface area contributed by atoms with Gasteiger partial charge in [0.1, 0.15) is 18.1 Å². The van der Waals surface area contributed by atoms with Crippen molar-refractivity contribution in [3.63, 3.8) is 0 Å². The van der Waals surface area contributed by atoms with Crippen LogP contribution in [0.4, 0.5) is 10.1 Å². The van der Waals surface area contributed by atoms with Crippen molar-refractivity contribution in [3.8, 4) is 11.3 Å². The second kappa shape index (κ2) is 9.36. The van der Waals surface area contributed by atoms with Gasteiger partial charge < -0.3 is 20.3 Å². The quantitative estimate of drug-likeness (QED) is 0.498. The first kappa shape index (κ1) is 24.2. The minimum Gasteiger partial charge on any atom is -0.480 e. The number of aromatic amines is 1. The summed E-state index contributed by atoms with van der Waals surface area (Å²) in [7, 11) is 0. The van der Waals surface area contributed by atoms with Crippen LogP contribution in [0.15, 0.2) is 30.3 Å². The molecule has 1 aliphatic heterocycles. The Morgan fingerprint density at radius 2 is 1.94 bits per heavy atom. The molecule has 0 aliphatic carbocycles. The summed E-state index contributed by atoms with van der Waals surface area (Å²) in [5, 5.41) is 16.2. The smallest absolute Gasteiger partial charge is 0.325 e. The van der Waals surface area contributed by atoms with Gasteiger partial charge >= 0.3 is 5.97 Å². The zero-order valence-corrected chi connectivity index (χ0v) is 20.1. The molecule has 0 bridgehead atoms. The van der Waals surface area contributed by atoms with Crippen LogP contribution >= 0.6 is 0 Å². The van der Waals surface area contributed by atoms with Crippen molar-refractivity contribution in [2.75, 3.05) is 11.9 Å². The Balaban J connectivity index is 1.47. The van der Waals surface area contributed by atoms with Crippen LogP contribution in [0, 0.1) is 32.5 Å². The monoisotopic (exact) mass is 481 g/mol. The van der Waals surface area contributed by atoms with E-state index in [0.717, 1.165) is 5.56 Å². The van der Waals surface area contributed by atoms with Crippen molar-refractivity contribution in [2.24, 2.45) is 5.92 Å². The second-order valence-corrected chi connectivity index (χ2v) is 8.97. The number of carbonyl (C=O) groups excluding carboxylic acids is 2. The molecule has 2 amide bonds. The highest BCUT2D eigenvalue weighted by Gasteiger charge is 2.39. The molecule has 0 radical (unpaired) electrons. The van der Waals surface area contributed by atoms with E-state index in [2.05, 4.69) is 15.4 Å². The van der Waals surface area contributed by atoms with Crippen LogP contribution in [-0.2, 0) is 16.1 Å². The molecule has 0 saturated carbocycles. The molecule has 2 aromatic heterocycles. The molecule has 184 valence electrons. The molecular weight excluding hydrogens is 453 g/mol. The normalized spacial score (nSPS) is 17.6. The number of aryl methyl sites for hydroxylation is 2. The molecule has 3 N–H and O–H groups in total. The number of H-pyrrole nitrogens is 1. The summed E-state index contributed by atoms with van der Waals surface area (Å²) < 4.78 is 14.9. The number of hydrogen-bond donors (Lipinski definition) is 3. The third-order valence-electron chi connectivity index (χ3n) is 6.63. The van der Waals surface area contributed by atoms with Gasteiger partial charge in [-0.15, -0.1) is 0 Å². The van der Waals surface area contributed by atoms with Crippen molar-refractivity contribution in [2.45, 2.75) is 46.7 Å². The molecule has 3 aromatic rings. The Labute approximate surface area is 201 Å². The van der Waals surface area contributed by atoms with E-state index in [-0.39, 0.29) is 30.2 Å². The summed E-state index contributed by atoms with van der Waals surface area (Å²) in [5.41, 5.74) is 4.13. The zero-order chi connectivity index (χ0) is 25.4. The number of likely N-dealkylation sites (tertiary alicyclic amines) is 1. The van der Waals surface area contributed by atoms with E-state index in [1.807, 2.05) is 6.92 Å². The van der Waals surface area contributed by atoms with E-state index < -0.39 is 11.9 Å². The maximum atomic E-state index is 13.5. The maximum absolute atomic E-state index is 13.5. The molecular formula is C25H28FN5O4. The van der Waals surface area contributed by atoms with E-state index in [0.29, 0.717) is 47.0 Å². The fraction of sp³-hybridized carbons (Fsp3) is 0.360. The SMILES string of the molecule is Cc1cc(NC(=O)[C@H]2CCN(C(=O)c3ccc(-c4c(C)nn(CC(=O)O)c4C)[nH]3)[C@H]2C)ccc1F. The molecule has 1 fully saturated rings. The number of carboxylic acids is 1. The molecule has 2 atom stereocenters. The minimum atomic E-state index is -0.985. The minimum absolute atomic E-state index is 0.205. The average Bonchev–Trinajstić information content (AvgIpc) is 3.48. The topological polar surface area (TPSA) is 120 Å². The van der Waals surface area contributed by atoms with Crippen molar-refractivity contribution < 1.29 is 23.9 Å². The highest BCUT2D eigenvalue weighted by Crippen LogP contribution is 2.30. The third kappa shape index (κ3) is 4.68. The van der Waals surface area contributed by atoms with Gasteiger partial charge in [-0.3, -0.25) is 19.1 Å². The number of aromatic nitrogens is 3. The Kier molecular flexibility index (Phi) is 6.47. The first-order valence-corrected chi connectivity index (χ1v) is 11.4. The van der Waals surface area contributed by atoms with Gasteiger partial charge in [0.2, 0.25) is 5.91 Å². The molecule has 1 saturated heterocycles. The number of hydrogen-bond acceptors (Lipinski definition) is 4. The van der Waals surface area contributed by atoms with E-state index >= 15 is 0 Å². The largest absolute Gasteiger partial charge is 0.480 e. The summed E-state index contributed by atoms with van der Waals surface area (Å²) in [6, 6.07) is 7.56. The van der Waals surface area contributed by atoms with Gasteiger partial charge in [-0.25, -0.2) is 4.39 Å². The van der Waals surface area contributed by atoms with Gasteiger partial charge in [0.25, 0.3) is 5.91 Å². The summed E-state index contributed by atoms with van der Waals surface area (Å²) in [5.74, 6) is -2.13. The van der Waals surface area contributed by atoms with Crippen LogP contribution in [0.5, 0.6) is 0 Å². The van der Waals surface area contributed by atoms with Crippen molar-refractivity contribution >= 4 is 23.5 Å². The lowest BCUT2D eigenvalue weighted by Gasteiger charge is -2.24. The highest BCUT2D eigenvalue weighted by atomic mass is 19.1. The number of anilines is 1. The van der Waals surface area contributed by atoms with Crippen molar-refractivity contribution in [1.82, 2.24) is 19.7 Å². The van der Waals surface area contributed by atoms with Crippen LogP contribution in [0.2, 0.25) is 0 Å². The number of rotatable bonds is 6. The summed E-state index contributed by atoms with van der Waals surface area (Å²) in [6.07, 6.45) is 0.520. The third-order valence-corrected chi connectivity index (χ3v) is 6.63. The zero-order valence-electron chi connectivity index (χ0n) is 20.1. The molecule has 9 nitrogen and oxygen atoms in total. The van der Waals surface area contributed by atoms with E-state index in [4.69, 9.17) is 5.11 Å². The number of amides is 2. The molecule has 4 rings (SSSR count). The van der Waals surface area contributed by atoms with Crippen molar-refractivity contribution in [1.29, 1.82) is 0 Å². The van der Waals surface area contributed by atoms with Gasteiger partial charge in [0, 0.05) is 35.2 Å². The summed E-state index contributed by atoms with van der Waals surface area (Å²) in [6.45, 7) is 7.24. The van der Waals surface area contributed by atoms with Crippen LogP contribution in [0.25, 0.3) is 11.3 Å². The van der Waals surface area contributed by atoms with Gasteiger partial charge in [-0.05, 0) is 70.0 Å². The fourth-order valence-corrected chi connectivity index (χ4v) is 4.72. The molecule has 35 heavy (non-hydrogen) atoms. The average molecular weight is 482 g/mol. The maximum Gasteiger partial charge on any atom is 0.325 e. The molecule has 0 unspecified atom stereocenters. The highest BCUT2D eigenvalue weighted by molar-refractivity contribution is 5.97. The first-order chi connectivity index (χ1) is 16.6. The Morgan fingerprint density at radius 3 is 2.63 bits per heavy atom. The van der Waals surface area contributed by atoms with Gasteiger partial charge in [-0.1, -0.05) is 0 Å². The van der Waals surface area contributed by atoms with E-state index in [1.54, 1.807) is 43.9 Å². The number of nitrogens with one attached hydrogen (secondary N) is 2. The Bertz CT molecular complexity index is 1310. The number of nitrogens with zero attached hydrogens (tertiary/aromatic N) is 3. The summed E-state index contributed by atoms with van der Waals surface area (Å²) in [4.78, 5) is 42.0. The lowest BCUT2D eigenvalue weighted by molar-refractivity contribution is -0.138. The molecule has 1 aromatic carbocycles. The van der Waals surface area contributed by atoms with E-state index in [9.17, 15) is 18.8 Å². The predicted molar refractivity (Wildman–Crippen MR) is 127 cm³/mol. The van der Waals surface area contributed by atoms with Crippen LogP contribution in [0.3, 0.4) is 0 Å². The number of carbonyl (C=O) groups is 3. The first-order valence-electron chi connectivity index (χ1n) is 11.4. The number of halogens is 1. The number of carboxylic acid groups (broad SMARTS) is 1. The van der Waals surface area contributed by atoms with E-state index in [1.165, 1.54) is 16.8 Å². The standard InChI is InChI=1S/C25H28FN5O4/c1-13-11-17(5-6-19(13)26)27-24(34)18-9-10-30(15(18)3)25(35)21-8-7-20(28-21)23-14(2)29-31(16(23)4)12-22(32)33/h5-8,11,15,18,28H,9-10,12H2,1-4H3,(H,27,34)(H,32,33)/t15-,18-/m0/s1. The van der Waals surface area contributed by atoms with Gasteiger partial charge in [0.15, 0.2) is 0 Å². The van der Waals surface area contributed by atoms with Gasteiger partial charge in [-0.2, -0.15) is 5.10 Å². The Morgan fingerprint density at radius 1 is 1.20 bits per heavy atom. The number of benzene rings is 1. The molecule has 10 heteroatoms. The lowest BCUT2D eigenvalue weighted by atomic mass is 10.0.